The third-order valence-electron chi connectivity index (χ3n) is 7.85. The van der Waals surface area contributed by atoms with Crippen LogP contribution in [0.4, 0.5) is 0 Å². The van der Waals surface area contributed by atoms with Gasteiger partial charge < -0.3 is 74.4 Å². The smallest absolute Gasteiger partial charge is 0.269 e. The molecule has 3 heterocycles. The molecule has 10 atom stereocenters. The van der Waals surface area contributed by atoms with E-state index >= 15 is 0 Å². The number of benzene rings is 2. The molecule has 44 heavy (non-hydrogen) atoms. The largest absolute Gasteiger partial charge is 0.508 e. The summed E-state index contributed by atoms with van der Waals surface area (Å²) in [5.41, 5.74) is -1.46. The van der Waals surface area contributed by atoms with Gasteiger partial charge in [-0.1, -0.05) is 0 Å². The fourth-order valence-electron chi connectivity index (χ4n) is 5.47. The summed E-state index contributed by atoms with van der Waals surface area (Å²) in [6.07, 6.45) is -17.2. The molecule has 0 bridgehead atoms. The van der Waals surface area contributed by atoms with Crippen molar-refractivity contribution in [2.24, 2.45) is 0 Å². The number of aromatic hydroxyl groups is 3. The number of hydrogen-bond acceptors (Lipinski definition) is 16. The second-order valence-corrected chi connectivity index (χ2v) is 10.6. The van der Waals surface area contributed by atoms with E-state index in [1.54, 1.807) is 0 Å². The minimum atomic E-state index is -2.88. The molecular formula is C28H32O16. The Labute approximate surface area is 247 Å². The van der Waals surface area contributed by atoms with Crippen molar-refractivity contribution in [2.75, 3.05) is 13.7 Å². The Morgan fingerprint density at radius 3 is 2.25 bits per heavy atom. The van der Waals surface area contributed by atoms with Crippen LogP contribution in [0.5, 0.6) is 28.7 Å². The summed E-state index contributed by atoms with van der Waals surface area (Å²) in [6.45, 7) is 0.355. The molecule has 2 aromatic carbocycles. The molecule has 2 fully saturated rings. The summed E-state index contributed by atoms with van der Waals surface area (Å²) < 4.78 is 28.6. The Balaban J connectivity index is 1.80. The molecule has 2 aliphatic rings. The second kappa shape index (κ2) is 11.7. The molecular weight excluding hydrogens is 592 g/mol. The van der Waals surface area contributed by atoms with E-state index in [1.165, 1.54) is 32.2 Å². The van der Waals surface area contributed by atoms with Crippen molar-refractivity contribution in [3.05, 3.63) is 40.6 Å². The fourth-order valence-corrected chi connectivity index (χ4v) is 5.47. The average Bonchev–Trinajstić information content (AvgIpc) is 2.98. The van der Waals surface area contributed by atoms with Gasteiger partial charge in [0.05, 0.1) is 19.8 Å². The first-order valence-electron chi connectivity index (χ1n) is 13.4. The van der Waals surface area contributed by atoms with Crippen molar-refractivity contribution in [3.63, 3.8) is 0 Å². The molecule has 0 saturated carbocycles. The molecule has 0 amide bonds. The highest BCUT2D eigenvalue weighted by molar-refractivity contribution is 5.88. The molecule has 240 valence electrons. The first kappa shape index (κ1) is 31.7. The molecule has 0 aliphatic carbocycles. The maximum atomic E-state index is 14.0. The molecule has 16 heteroatoms. The van der Waals surface area contributed by atoms with Crippen molar-refractivity contribution < 1.29 is 74.4 Å². The summed E-state index contributed by atoms with van der Waals surface area (Å²) >= 11 is 0. The first-order valence-corrected chi connectivity index (χ1v) is 13.4. The molecule has 10 N–H and O–H groups in total. The maximum absolute atomic E-state index is 14.0. The van der Waals surface area contributed by atoms with Crippen LogP contribution in [0.2, 0.25) is 0 Å². The molecule has 3 aromatic rings. The summed E-state index contributed by atoms with van der Waals surface area (Å²) in [5, 5.41) is 105. The van der Waals surface area contributed by atoms with Gasteiger partial charge in [0.25, 0.3) is 5.79 Å². The van der Waals surface area contributed by atoms with E-state index in [0.717, 1.165) is 12.1 Å². The van der Waals surface area contributed by atoms with Gasteiger partial charge in [-0.15, -0.1) is 0 Å². The zero-order chi connectivity index (χ0) is 32.2. The number of hydrogen-bond donors (Lipinski definition) is 10. The first-order chi connectivity index (χ1) is 20.7. The number of rotatable bonds is 6. The SMILES string of the molecule is COc1cc(-c2oc3cc(O)cc(O)c3c(=O)c2OC2(C3OC(CO)C(O)C(O)C3O)OC(C)C(O)C(O)C2O)ccc1O. The van der Waals surface area contributed by atoms with E-state index in [-0.39, 0.29) is 22.6 Å². The van der Waals surface area contributed by atoms with E-state index in [0.29, 0.717) is 0 Å². The van der Waals surface area contributed by atoms with Crippen molar-refractivity contribution in [2.45, 2.75) is 67.6 Å². The molecule has 5 rings (SSSR count). The quantitative estimate of drug-likeness (QED) is 0.142. The molecule has 0 spiro atoms. The summed E-state index contributed by atoms with van der Waals surface area (Å²) in [4.78, 5) is 14.0. The standard InChI is InChI=1S/C28H32O16/c1-9-18(33)22(37)26(39)28(43-9,27-23(38)21(36)19(34)16(8-29)42-27)44-25-20(35)17-13(32)6-11(30)7-15(17)41-24(25)10-3-4-12(31)14(5-10)40-2/h3-7,9,16,18-19,21-23,26-27,29-34,36-39H,8H2,1-2H3. The monoisotopic (exact) mass is 624 g/mol. The predicted octanol–water partition coefficient (Wildman–Crippen LogP) is -2.00. The minimum Gasteiger partial charge on any atom is -0.508 e. The molecule has 1 aromatic heterocycles. The van der Waals surface area contributed by atoms with Crippen LogP contribution in [0.3, 0.4) is 0 Å². The van der Waals surface area contributed by atoms with Gasteiger partial charge >= 0.3 is 0 Å². The lowest BCUT2D eigenvalue weighted by Crippen LogP contribution is -2.76. The third-order valence-corrected chi connectivity index (χ3v) is 7.85. The van der Waals surface area contributed by atoms with Crippen molar-refractivity contribution in [1.82, 2.24) is 0 Å². The molecule has 2 aliphatic heterocycles. The number of methoxy groups -OCH3 is 1. The second-order valence-electron chi connectivity index (χ2n) is 10.6. The summed E-state index contributed by atoms with van der Waals surface area (Å²) in [6, 6.07) is 5.55. The topological polar surface area (TPSA) is 269 Å². The highest BCUT2D eigenvalue weighted by Crippen LogP contribution is 2.44. The van der Waals surface area contributed by atoms with Gasteiger partial charge in [-0.2, -0.15) is 0 Å². The number of phenols is 3. The van der Waals surface area contributed by atoms with Crippen LogP contribution in [-0.2, 0) is 9.47 Å². The van der Waals surface area contributed by atoms with Gasteiger partial charge in [0, 0.05) is 17.7 Å². The summed E-state index contributed by atoms with van der Waals surface area (Å²) in [7, 11) is 1.25. The van der Waals surface area contributed by atoms with Crippen LogP contribution < -0.4 is 14.9 Å². The van der Waals surface area contributed by atoms with E-state index in [4.69, 9.17) is 23.4 Å². The van der Waals surface area contributed by atoms with E-state index in [2.05, 4.69) is 0 Å². The number of phenolic OH excluding ortho intramolecular Hbond substituents is 3. The van der Waals surface area contributed by atoms with Gasteiger partial charge in [-0.25, -0.2) is 0 Å². The Hall–Kier alpha value is -3.71. The lowest BCUT2D eigenvalue weighted by Gasteiger charge is -2.54. The highest BCUT2D eigenvalue weighted by atomic mass is 16.7. The molecule has 2 saturated heterocycles. The van der Waals surface area contributed by atoms with Crippen LogP contribution in [0.25, 0.3) is 22.3 Å². The molecule has 16 nitrogen and oxygen atoms in total. The van der Waals surface area contributed by atoms with E-state index in [1.807, 2.05) is 0 Å². The fraction of sp³-hybridized carbons (Fsp3) is 0.464. The minimum absolute atomic E-state index is 0.000587. The molecule has 10 unspecified atom stereocenters. The zero-order valence-corrected chi connectivity index (χ0v) is 23.2. The van der Waals surface area contributed by atoms with E-state index in [9.17, 15) is 55.9 Å². The highest BCUT2D eigenvalue weighted by Gasteiger charge is 2.65. The van der Waals surface area contributed by atoms with Gasteiger partial charge in [-0.3, -0.25) is 4.79 Å². The van der Waals surface area contributed by atoms with E-state index < -0.39 is 101 Å². The number of aliphatic hydroxyl groups excluding tert-OH is 7. The Bertz CT molecular complexity index is 1590. The predicted molar refractivity (Wildman–Crippen MR) is 145 cm³/mol. The van der Waals surface area contributed by atoms with Gasteiger partial charge in [0.15, 0.2) is 29.5 Å². The van der Waals surface area contributed by atoms with Gasteiger partial charge in [0.2, 0.25) is 11.2 Å². The van der Waals surface area contributed by atoms with Crippen LogP contribution in [0.1, 0.15) is 6.92 Å². The molecule has 0 radical (unpaired) electrons. The van der Waals surface area contributed by atoms with Crippen molar-refractivity contribution >= 4 is 11.0 Å². The lowest BCUT2D eigenvalue weighted by atomic mass is 9.83. The van der Waals surface area contributed by atoms with Crippen molar-refractivity contribution in [1.29, 1.82) is 0 Å². The number of ether oxygens (including phenoxy) is 4. The third kappa shape index (κ3) is 4.99. The Morgan fingerprint density at radius 2 is 1.59 bits per heavy atom. The van der Waals surface area contributed by atoms with Crippen LogP contribution in [0.15, 0.2) is 39.5 Å². The summed E-state index contributed by atoms with van der Waals surface area (Å²) in [5.74, 6) is -5.78. The van der Waals surface area contributed by atoms with Gasteiger partial charge in [-0.05, 0) is 25.1 Å². The van der Waals surface area contributed by atoms with Gasteiger partial charge in [0.1, 0.15) is 59.1 Å². The lowest BCUT2D eigenvalue weighted by molar-refractivity contribution is -0.392. The van der Waals surface area contributed by atoms with Crippen LogP contribution in [-0.4, -0.2) is 126 Å². The number of aliphatic hydroxyl groups is 7. The normalized spacial score (nSPS) is 34.2. The van der Waals surface area contributed by atoms with Crippen LogP contribution >= 0.6 is 0 Å². The average molecular weight is 625 g/mol. The number of fused-ring (bicyclic) bond motifs is 1. The maximum Gasteiger partial charge on any atom is 0.269 e. The van der Waals surface area contributed by atoms with Crippen LogP contribution in [0, 0.1) is 0 Å². The zero-order valence-electron chi connectivity index (χ0n) is 23.2. The Kier molecular flexibility index (Phi) is 8.40. The Morgan fingerprint density at radius 1 is 0.886 bits per heavy atom. The van der Waals surface area contributed by atoms with Crippen molar-refractivity contribution in [3.8, 4) is 40.1 Å².